The van der Waals surface area contributed by atoms with Crippen LogP contribution in [0.1, 0.15) is 24.8 Å². The number of rotatable bonds is 9. The molecule has 0 atom stereocenters. The molecule has 0 spiro atoms. The predicted molar refractivity (Wildman–Crippen MR) is 107 cm³/mol. The van der Waals surface area contributed by atoms with Gasteiger partial charge >= 0.3 is 12.1 Å². The van der Waals surface area contributed by atoms with Gasteiger partial charge < -0.3 is 20.1 Å². The summed E-state index contributed by atoms with van der Waals surface area (Å²) in [4.78, 5) is 35.5. The maximum absolute atomic E-state index is 12.7. The standard InChI is InChI=1S/C21H21F3N2O5/c1-30-17-9-3-2-8-16(17)26-19(28)13-31-20(29)11-5-10-18(27)25-15-7-4-6-14(12-15)21(22,23)24/h2-4,6-9,12H,5,10-11,13H2,1H3,(H,25,27)(H,26,28). The Bertz CT molecular complexity index is 931. The smallest absolute Gasteiger partial charge is 0.416 e. The number of esters is 1. The summed E-state index contributed by atoms with van der Waals surface area (Å²) in [6, 6.07) is 11.0. The molecule has 0 saturated heterocycles. The van der Waals surface area contributed by atoms with Gasteiger partial charge in [-0.15, -0.1) is 0 Å². The molecule has 7 nitrogen and oxygen atoms in total. The molecule has 0 aliphatic heterocycles. The summed E-state index contributed by atoms with van der Waals surface area (Å²) in [5, 5.41) is 4.90. The highest BCUT2D eigenvalue weighted by Crippen LogP contribution is 2.30. The van der Waals surface area contributed by atoms with Gasteiger partial charge in [0.1, 0.15) is 5.75 Å². The molecular weight excluding hydrogens is 417 g/mol. The third-order valence-electron chi connectivity index (χ3n) is 4.00. The average molecular weight is 438 g/mol. The van der Waals surface area contributed by atoms with Gasteiger partial charge in [0, 0.05) is 18.5 Å². The van der Waals surface area contributed by atoms with Crippen LogP contribution in [-0.2, 0) is 25.3 Å². The van der Waals surface area contributed by atoms with E-state index in [9.17, 15) is 27.6 Å². The van der Waals surface area contributed by atoms with E-state index in [4.69, 9.17) is 9.47 Å². The largest absolute Gasteiger partial charge is 0.495 e. The van der Waals surface area contributed by atoms with Crippen molar-refractivity contribution >= 4 is 29.2 Å². The summed E-state index contributed by atoms with van der Waals surface area (Å²) < 4.78 is 48.0. The van der Waals surface area contributed by atoms with E-state index in [2.05, 4.69) is 10.6 Å². The number of methoxy groups -OCH3 is 1. The minimum Gasteiger partial charge on any atom is -0.495 e. The van der Waals surface area contributed by atoms with E-state index < -0.39 is 36.1 Å². The summed E-state index contributed by atoms with van der Waals surface area (Å²) in [5.74, 6) is -1.32. The summed E-state index contributed by atoms with van der Waals surface area (Å²) >= 11 is 0. The highest BCUT2D eigenvalue weighted by molar-refractivity contribution is 5.94. The Morgan fingerprint density at radius 2 is 1.68 bits per heavy atom. The molecule has 0 aromatic heterocycles. The molecule has 0 unspecified atom stereocenters. The number of carbonyl (C=O) groups is 3. The monoisotopic (exact) mass is 438 g/mol. The molecule has 10 heteroatoms. The highest BCUT2D eigenvalue weighted by atomic mass is 19.4. The lowest BCUT2D eigenvalue weighted by molar-refractivity contribution is -0.147. The normalized spacial score (nSPS) is 10.8. The van der Waals surface area contributed by atoms with E-state index in [1.165, 1.54) is 19.2 Å². The molecule has 0 aliphatic carbocycles. The lowest BCUT2D eigenvalue weighted by atomic mass is 10.2. The predicted octanol–water partition coefficient (Wildman–Crippen LogP) is 4.00. The second kappa shape index (κ2) is 11.0. The van der Waals surface area contributed by atoms with Crippen molar-refractivity contribution in [3.8, 4) is 5.75 Å². The number of alkyl halides is 3. The van der Waals surface area contributed by atoms with Crippen molar-refractivity contribution in [1.29, 1.82) is 0 Å². The average Bonchev–Trinajstić information content (AvgIpc) is 2.72. The second-order valence-electron chi connectivity index (χ2n) is 6.39. The zero-order valence-electron chi connectivity index (χ0n) is 16.6. The molecule has 0 fully saturated rings. The van der Waals surface area contributed by atoms with Crippen LogP contribution >= 0.6 is 0 Å². The number of hydrogen-bond donors (Lipinski definition) is 2. The van der Waals surface area contributed by atoms with Crippen molar-refractivity contribution in [2.45, 2.75) is 25.4 Å². The van der Waals surface area contributed by atoms with E-state index in [1.807, 2.05) is 0 Å². The van der Waals surface area contributed by atoms with Crippen molar-refractivity contribution in [3.05, 3.63) is 54.1 Å². The Kier molecular flexibility index (Phi) is 8.42. The number of amides is 2. The summed E-state index contributed by atoms with van der Waals surface area (Å²) in [6.07, 6.45) is -4.63. The van der Waals surface area contributed by atoms with E-state index in [1.54, 1.807) is 24.3 Å². The van der Waals surface area contributed by atoms with Gasteiger partial charge in [-0.05, 0) is 36.8 Å². The number of para-hydroxylation sites is 2. The first-order valence-corrected chi connectivity index (χ1v) is 9.24. The molecule has 31 heavy (non-hydrogen) atoms. The van der Waals surface area contributed by atoms with Crippen molar-refractivity contribution in [2.75, 3.05) is 24.4 Å². The van der Waals surface area contributed by atoms with E-state index in [-0.39, 0.29) is 24.9 Å². The van der Waals surface area contributed by atoms with Gasteiger partial charge in [-0.1, -0.05) is 18.2 Å². The zero-order chi connectivity index (χ0) is 22.9. The van der Waals surface area contributed by atoms with Crippen LogP contribution in [0.2, 0.25) is 0 Å². The minimum atomic E-state index is -4.51. The van der Waals surface area contributed by atoms with Crippen LogP contribution in [0.15, 0.2) is 48.5 Å². The number of ether oxygens (including phenoxy) is 2. The Balaban J connectivity index is 1.69. The third kappa shape index (κ3) is 8.00. The van der Waals surface area contributed by atoms with E-state index >= 15 is 0 Å². The van der Waals surface area contributed by atoms with Crippen LogP contribution in [0.3, 0.4) is 0 Å². The summed E-state index contributed by atoms with van der Waals surface area (Å²) in [6.45, 7) is -0.507. The fourth-order valence-corrected chi connectivity index (χ4v) is 2.54. The number of nitrogens with one attached hydrogen (secondary N) is 2. The maximum atomic E-state index is 12.7. The topological polar surface area (TPSA) is 93.7 Å². The molecule has 0 bridgehead atoms. The van der Waals surface area contributed by atoms with Crippen LogP contribution in [0.4, 0.5) is 24.5 Å². The van der Waals surface area contributed by atoms with E-state index in [0.717, 1.165) is 12.1 Å². The number of halogens is 3. The molecule has 2 amide bonds. The lowest BCUT2D eigenvalue weighted by Crippen LogP contribution is -2.21. The fourth-order valence-electron chi connectivity index (χ4n) is 2.54. The minimum absolute atomic E-state index is 0.00964. The molecule has 166 valence electrons. The summed E-state index contributed by atoms with van der Waals surface area (Å²) in [5.41, 5.74) is -0.437. The fraction of sp³-hybridized carbons (Fsp3) is 0.286. The van der Waals surface area contributed by atoms with Crippen molar-refractivity contribution in [1.82, 2.24) is 0 Å². The Morgan fingerprint density at radius 3 is 2.39 bits per heavy atom. The molecule has 0 radical (unpaired) electrons. The number of hydrogen-bond acceptors (Lipinski definition) is 5. The van der Waals surface area contributed by atoms with Crippen molar-refractivity contribution < 1.29 is 37.0 Å². The van der Waals surface area contributed by atoms with Crippen LogP contribution in [0.25, 0.3) is 0 Å². The molecule has 0 aliphatic rings. The zero-order valence-corrected chi connectivity index (χ0v) is 16.6. The molecular formula is C21H21F3N2O5. The van der Waals surface area contributed by atoms with Gasteiger partial charge in [-0.25, -0.2) is 0 Å². The molecule has 2 rings (SSSR count). The molecule has 0 heterocycles. The van der Waals surface area contributed by atoms with Crippen LogP contribution in [0.5, 0.6) is 5.75 Å². The van der Waals surface area contributed by atoms with E-state index in [0.29, 0.717) is 11.4 Å². The highest BCUT2D eigenvalue weighted by Gasteiger charge is 2.30. The van der Waals surface area contributed by atoms with Gasteiger partial charge in [0.15, 0.2) is 6.61 Å². The van der Waals surface area contributed by atoms with Crippen LogP contribution in [-0.4, -0.2) is 31.5 Å². The lowest BCUT2D eigenvalue weighted by Gasteiger charge is -2.10. The molecule has 2 N–H and O–H groups in total. The summed E-state index contributed by atoms with van der Waals surface area (Å²) in [7, 11) is 1.45. The molecule has 0 saturated carbocycles. The Hall–Kier alpha value is -3.56. The third-order valence-corrected chi connectivity index (χ3v) is 4.00. The van der Waals surface area contributed by atoms with Gasteiger partial charge in [0.2, 0.25) is 5.91 Å². The number of benzene rings is 2. The number of carbonyl (C=O) groups excluding carboxylic acids is 3. The van der Waals surface area contributed by atoms with Crippen molar-refractivity contribution in [3.63, 3.8) is 0 Å². The second-order valence-corrected chi connectivity index (χ2v) is 6.39. The first-order chi connectivity index (χ1) is 14.7. The SMILES string of the molecule is COc1ccccc1NC(=O)COC(=O)CCCC(=O)Nc1cccc(C(F)(F)F)c1. The van der Waals surface area contributed by atoms with Gasteiger partial charge in [0.05, 0.1) is 18.4 Å². The van der Waals surface area contributed by atoms with Crippen molar-refractivity contribution in [2.24, 2.45) is 0 Å². The van der Waals surface area contributed by atoms with Gasteiger partial charge in [0.25, 0.3) is 5.91 Å². The van der Waals surface area contributed by atoms with Gasteiger partial charge in [-0.2, -0.15) is 13.2 Å². The first-order valence-electron chi connectivity index (χ1n) is 9.24. The Morgan fingerprint density at radius 1 is 0.935 bits per heavy atom. The quantitative estimate of drug-likeness (QED) is 0.577. The number of anilines is 2. The molecule has 2 aromatic carbocycles. The Labute approximate surface area is 176 Å². The first kappa shape index (κ1) is 23.7. The van der Waals surface area contributed by atoms with Crippen LogP contribution < -0.4 is 15.4 Å². The van der Waals surface area contributed by atoms with Gasteiger partial charge in [-0.3, -0.25) is 14.4 Å². The maximum Gasteiger partial charge on any atom is 0.416 e. The molecule has 2 aromatic rings. The van der Waals surface area contributed by atoms with Crippen LogP contribution in [0, 0.1) is 0 Å².